The van der Waals surface area contributed by atoms with E-state index < -0.39 is 16.9 Å². The number of hydrogen-bond acceptors (Lipinski definition) is 2. The maximum atomic E-state index is 12.8. The van der Waals surface area contributed by atoms with Crippen molar-refractivity contribution in [1.29, 1.82) is 0 Å². The molecule has 88 valence electrons. The fourth-order valence-corrected chi connectivity index (χ4v) is 1.43. The molecule has 0 fully saturated rings. The molecule has 1 atom stereocenters. The van der Waals surface area contributed by atoms with Gasteiger partial charge in [0.05, 0.1) is 0 Å². The molecule has 1 aromatic carbocycles. The van der Waals surface area contributed by atoms with Gasteiger partial charge in [-0.3, -0.25) is 4.79 Å². The van der Waals surface area contributed by atoms with Crippen LogP contribution in [0.5, 0.6) is 0 Å². The van der Waals surface area contributed by atoms with Crippen LogP contribution in [0.1, 0.15) is 26.3 Å². The first-order chi connectivity index (χ1) is 7.19. The summed E-state index contributed by atoms with van der Waals surface area (Å²) in [5, 5.41) is 9.09. The van der Waals surface area contributed by atoms with E-state index in [0.29, 0.717) is 5.56 Å². The van der Waals surface area contributed by atoms with Crippen LogP contribution in [0, 0.1) is 5.82 Å². The van der Waals surface area contributed by atoms with Crippen LogP contribution in [-0.4, -0.2) is 16.6 Å². The molecule has 3 N–H and O–H groups in total. The van der Waals surface area contributed by atoms with E-state index >= 15 is 0 Å². The van der Waals surface area contributed by atoms with Gasteiger partial charge in [0.15, 0.2) is 0 Å². The van der Waals surface area contributed by atoms with Crippen LogP contribution < -0.4 is 5.73 Å². The summed E-state index contributed by atoms with van der Waals surface area (Å²) >= 11 is 0. The first kappa shape index (κ1) is 12.6. The second-order valence-corrected chi connectivity index (χ2v) is 4.64. The number of halogens is 1. The Kier molecular flexibility index (Phi) is 3.06. The lowest BCUT2D eigenvalue weighted by Crippen LogP contribution is -2.58. The summed E-state index contributed by atoms with van der Waals surface area (Å²) in [6.45, 7) is 4.92. The zero-order valence-electron chi connectivity index (χ0n) is 9.62. The molecular formula is C12H16FNO2. The highest BCUT2D eigenvalue weighted by Crippen LogP contribution is 2.33. The van der Waals surface area contributed by atoms with Gasteiger partial charge in [-0.25, -0.2) is 4.39 Å². The van der Waals surface area contributed by atoms with Crippen molar-refractivity contribution < 1.29 is 14.3 Å². The Morgan fingerprint density at radius 3 is 2.06 bits per heavy atom. The minimum atomic E-state index is -1.41. The van der Waals surface area contributed by atoms with E-state index in [1.165, 1.54) is 19.1 Å². The second-order valence-electron chi connectivity index (χ2n) is 4.64. The molecule has 0 saturated carbocycles. The average molecular weight is 225 g/mol. The van der Waals surface area contributed by atoms with Crippen molar-refractivity contribution in [3.63, 3.8) is 0 Å². The zero-order valence-corrected chi connectivity index (χ0v) is 9.62. The first-order valence-electron chi connectivity index (χ1n) is 4.98. The number of benzene rings is 1. The summed E-state index contributed by atoms with van der Waals surface area (Å²) in [4.78, 5) is 11.1. The van der Waals surface area contributed by atoms with Gasteiger partial charge in [-0.05, 0) is 24.6 Å². The lowest BCUT2D eigenvalue weighted by Gasteiger charge is -2.38. The summed E-state index contributed by atoms with van der Waals surface area (Å²) in [6.07, 6.45) is 0. The minimum Gasteiger partial charge on any atom is -0.480 e. The topological polar surface area (TPSA) is 63.3 Å². The molecule has 4 heteroatoms. The van der Waals surface area contributed by atoms with Crippen LogP contribution in [0.4, 0.5) is 4.39 Å². The van der Waals surface area contributed by atoms with Crippen molar-refractivity contribution in [1.82, 2.24) is 0 Å². The van der Waals surface area contributed by atoms with E-state index in [4.69, 9.17) is 10.8 Å². The van der Waals surface area contributed by atoms with Crippen LogP contribution in [-0.2, 0) is 10.2 Å². The van der Waals surface area contributed by atoms with Gasteiger partial charge in [-0.15, -0.1) is 0 Å². The van der Waals surface area contributed by atoms with E-state index in [-0.39, 0.29) is 5.82 Å². The lowest BCUT2D eigenvalue weighted by molar-refractivity contribution is -0.145. The van der Waals surface area contributed by atoms with Crippen molar-refractivity contribution in [2.75, 3.05) is 0 Å². The number of aliphatic carboxylic acids is 1. The SMILES string of the molecule is CC(N)(C(=O)O)C(C)(C)c1ccc(F)cc1. The summed E-state index contributed by atoms with van der Waals surface area (Å²) in [6, 6.07) is 5.72. The molecule has 0 spiro atoms. The molecule has 1 unspecified atom stereocenters. The van der Waals surface area contributed by atoms with E-state index in [1.54, 1.807) is 26.0 Å². The molecule has 16 heavy (non-hydrogen) atoms. The maximum Gasteiger partial charge on any atom is 0.324 e. The van der Waals surface area contributed by atoms with Crippen LogP contribution in [0.3, 0.4) is 0 Å². The largest absolute Gasteiger partial charge is 0.480 e. The van der Waals surface area contributed by atoms with Crippen molar-refractivity contribution in [2.45, 2.75) is 31.7 Å². The van der Waals surface area contributed by atoms with Gasteiger partial charge in [0.1, 0.15) is 11.4 Å². The molecule has 0 aliphatic carbocycles. The van der Waals surface area contributed by atoms with Gasteiger partial charge in [0.2, 0.25) is 0 Å². The molecule has 0 aliphatic rings. The molecule has 3 nitrogen and oxygen atoms in total. The Morgan fingerprint density at radius 1 is 1.25 bits per heavy atom. The smallest absolute Gasteiger partial charge is 0.324 e. The number of hydrogen-bond donors (Lipinski definition) is 2. The molecule has 0 saturated heterocycles. The first-order valence-corrected chi connectivity index (χ1v) is 4.98. The van der Waals surface area contributed by atoms with Crippen LogP contribution in [0.15, 0.2) is 24.3 Å². The summed E-state index contributed by atoms with van der Waals surface area (Å²) in [5.41, 5.74) is 4.31. The zero-order chi connectivity index (χ0) is 12.6. The van der Waals surface area contributed by atoms with Crippen molar-refractivity contribution in [2.24, 2.45) is 5.73 Å². The Labute approximate surface area is 94.1 Å². The lowest BCUT2D eigenvalue weighted by atomic mass is 9.69. The molecule has 0 aliphatic heterocycles. The highest BCUT2D eigenvalue weighted by Gasteiger charge is 2.45. The number of carboxylic acids is 1. The van der Waals surface area contributed by atoms with Gasteiger partial charge >= 0.3 is 5.97 Å². The Bertz CT molecular complexity index is 396. The highest BCUT2D eigenvalue weighted by atomic mass is 19.1. The summed E-state index contributed by atoms with van der Waals surface area (Å²) in [7, 11) is 0. The van der Waals surface area contributed by atoms with E-state index in [9.17, 15) is 9.18 Å². The fraction of sp³-hybridized carbons (Fsp3) is 0.417. The predicted octanol–water partition coefficient (Wildman–Crippen LogP) is 1.91. The molecule has 0 heterocycles. The van der Waals surface area contributed by atoms with E-state index in [1.807, 2.05) is 0 Å². The standard InChI is InChI=1S/C12H16FNO2/c1-11(2,12(3,14)10(15)16)8-4-6-9(13)7-5-8/h4-7H,14H2,1-3H3,(H,15,16). The van der Waals surface area contributed by atoms with Gasteiger partial charge in [0, 0.05) is 5.41 Å². The third kappa shape index (κ3) is 1.93. The Morgan fingerprint density at radius 2 is 1.69 bits per heavy atom. The Hall–Kier alpha value is -1.42. The second kappa shape index (κ2) is 3.87. The molecule has 1 aromatic rings. The molecule has 0 amide bonds. The average Bonchev–Trinajstić information content (AvgIpc) is 2.17. The fourth-order valence-electron chi connectivity index (χ4n) is 1.43. The van der Waals surface area contributed by atoms with Gasteiger partial charge < -0.3 is 10.8 Å². The van der Waals surface area contributed by atoms with Crippen LogP contribution in [0.2, 0.25) is 0 Å². The third-order valence-electron chi connectivity index (χ3n) is 3.31. The number of carbonyl (C=O) groups is 1. The Balaban J connectivity index is 3.20. The summed E-state index contributed by atoms with van der Waals surface area (Å²) in [5.74, 6) is -1.43. The van der Waals surface area contributed by atoms with E-state index in [2.05, 4.69) is 0 Å². The third-order valence-corrected chi connectivity index (χ3v) is 3.31. The van der Waals surface area contributed by atoms with Crippen molar-refractivity contribution >= 4 is 5.97 Å². The maximum absolute atomic E-state index is 12.8. The van der Waals surface area contributed by atoms with Crippen LogP contribution in [0.25, 0.3) is 0 Å². The number of rotatable bonds is 3. The van der Waals surface area contributed by atoms with Gasteiger partial charge in [0.25, 0.3) is 0 Å². The van der Waals surface area contributed by atoms with Gasteiger partial charge in [-0.1, -0.05) is 26.0 Å². The predicted molar refractivity (Wildman–Crippen MR) is 59.7 cm³/mol. The molecular weight excluding hydrogens is 209 g/mol. The monoisotopic (exact) mass is 225 g/mol. The molecule has 0 bridgehead atoms. The van der Waals surface area contributed by atoms with Crippen molar-refractivity contribution in [3.05, 3.63) is 35.6 Å². The minimum absolute atomic E-state index is 0.353. The molecule has 1 rings (SSSR count). The molecule has 0 aromatic heterocycles. The molecule has 0 radical (unpaired) electrons. The quantitative estimate of drug-likeness (QED) is 0.825. The van der Waals surface area contributed by atoms with E-state index in [0.717, 1.165) is 0 Å². The number of carboxylic acid groups (broad SMARTS) is 1. The summed E-state index contributed by atoms with van der Waals surface area (Å²) < 4.78 is 12.8. The van der Waals surface area contributed by atoms with Crippen molar-refractivity contribution in [3.8, 4) is 0 Å². The number of nitrogens with two attached hydrogens (primary N) is 1. The van der Waals surface area contributed by atoms with Gasteiger partial charge in [-0.2, -0.15) is 0 Å². The normalized spacial score (nSPS) is 15.6. The highest BCUT2D eigenvalue weighted by molar-refractivity contribution is 5.80. The van der Waals surface area contributed by atoms with Crippen LogP contribution >= 0.6 is 0 Å².